The zero-order valence-electron chi connectivity index (χ0n) is 15.1. The number of morpholine rings is 1. The molecule has 3 heterocycles. The van der Waals surface area contributed by atoms with Crippen molar-refractivity contribution in [1.82, 2.24) is 9.80 Å². The molecule has 0 radical (unpaired) electrons. The maximum Gasteiger partial charge on any atom is 0.254 e. The summed E-state index contributed by atoms with van der Waals surface area (Å²) in [5, 5.41) is 0. The van der Waals surface area contributed by atoms with Crippen LogP contribution >= 0.6 is 0 Å². The molecular weight excluding hydrogens is 340 g/mol. The third-order valence-corrected chi connectivity index (χ3v) is 6.02. The second-order valence-electron chi connectivity index (χ2n) is 7.39. The summed E-state index contributed by atoms with van der Waals surface area (Å²) in [7, 11) is 0. The van der Waals surface area contributed by atoms with Gasteiger partial charge < -0.3 is 14.5 Å². The van der Waals surface area contributed by atoms with Crippen molar-refractivity contribution in [3.05, 3.63) is 70.8 Å². The van der Waals surface area contributed by atoms with Crippen LogP contribution in [0.1, 0.15) is 39.0 Å². The van der Waals surface area contributed by atoms with Crippen LogP contribution in [0, 0.1) is 0 Å². The summed E-state index contributed by atoms with van der Waals surface area (Å²) in [4.78, 5) is 30.6. The van der Waals surface area contributed by atoms with E-state index in [1.54, 1.807) is 0 Å². The highest BCUT2D eigenvalue weighted by Crippen LogP contribution is 2.46. The standard InChI is InChI=1S/C22H22N2O3/c25-21-18-8-4-3-7-17(18)19(22(26)23-11-13-27-14-12-23)20-16-6-2-1-5-15(16)9-10-24(20)21/h1-8,19-20H,9-14H2. The molecule has 0 saturated carbocycles. The quantitative estimate of drug-likeness (QED) is 0.783. The molecule has 3 aliphatic rings. The van der Waals surface area contributed by atoms with Crippen LogP contribution in [0.3, 0.4) is 0 Å². The van der Waals surface area contributed by atoms with Gasteiger partial charge >= 0.3 is 0 Å². The van der Waals surface area contributed by atoms with Crippen molar-refractivity contribution in [2.75, 3.05) is 32.8 Å². The average Bonchev–Trinajstić information content (AvgIpc) is 2.74. The van der Waals surface area contributed by atoms with Gasteiger partial charge in [-0.25, -0.2) is 0 Å². The lowest BCUT2D eigenvalue weighted by atomic mass is 9.75. The lowest BCUT2D eigenvalue weighted by Gasteiger charge is -2.46. The van der Waals surface area contributed by atoms with Crippen molar-refractivity contribution in [2.45, 2.75) is 18.4 Å². The van der Waals surface area contributed by atoms with Crippen molar-refractivity contribution in [3.63, 3.8) is 0 Å². The number of hydrogen-bond acceptors (Lipinski definition) is 3. The van der Waals surface area contributed by atoms with Gasteiger partial charge in [-0.2, -0.15) is 0 Å². The van der Waals surface area contributed by atoms with Gasteiger partial charge in [0, 0.05) is 25.2 Å². The summed E-state index contributed by atoms with van der Waals surface area (Å²) < 4.78 is 5.43. The second kappa shape index (κ2) is 6.50. The molecule has 5 rings (SSSR count). The Morgan fingerprint density at radius 3 is 2.44 bits per heavy atom. The van der Waals surface area contributed by atoms with E-state index < -0.39 is 0 Å². The molecule has 2 atom stereocenters. The van der Waals surface area contributed by atoms with E-state index in [4.69, 9.17) is 4.74 Å². The van der Waals surface area contributed by atoms with E-state index in [0.29, 0.717) is 38.4 Å². The summed E-state index contributed by atoms with van der Waals surface area (Å²) in [6.07, 6.45) is 0.832. The van der Waals surface area contributed by atoms with Gasteiger partial charge in [-0.3, -0.25) is 9.59 Å². The van der Waals surface area contributed by atoms with Gasteiger partial charge in [-0.15, -0.1) is 0 Å². The van der Waals surface area contributed by atoms with Crippen LogP contribution in [0.25, 0.3) is 0 Å². The lowest BCUT2D eigenvalue weighted by Crippen LogP contribution is -2.52. The molecule has 138 valence electrons. The Morgan fingerprint density at radius 1 is 0.926 bits per heavy atom. The number of benzene rings is 2. The summed E-state index contributed by atoms with van der Waals surface area (Å²) >= 11 is 0. The Labute approximate surface area is 158 Å². The molecule has 5 heteroatoms. The third kappa shape index (κ3) is 2.57. The van der Waals surface area contributed by atoms with Crippen LogP contribution in [-0.4, -0.2) is 54.5 Å². The van der Waals surface area contributed by atoms with Crippen molar-refractivity contribution >= 4 is 11.8 Å². The first-order chi connectivity index (χ1) is 13.3. The van der Waals surface area contributed by atoms with E-state index in [1.165, 1.54) is 5.56 Å². The number of rotatable bonds is 1. The molecule has 5 nitrogen and oxygen atoms in total. The molecular formula is C22H22N2O3. The first kappa shape index (κ1) is 16.5. The molecule has 3 aliphatic heterocycles. The molecule has 0 spiro atoms. The topological polar surface area (TPSA) is 49.9 Å². The fourth-order valence-corrected chi connectivity index (χ4v) is 4.72. The predicted molar refractivity (Wildman–Crippen MR) is 101 cm³/mol. The highest BCUT2D eigenvalue weighted by atomic mass is 16.5. The van der Waals surface area contributed by atoms with Crippen LogP contribution in [-0.2, 0) is 16.0 Å². The maximum atomic E-state index is 13.6. The first-order valence-corrected chi connectivity index (χ1v) is 9.60. The molecule has 2 unspecified atom stereocenters. The number of ether oxygens (including phenoxy) is 1. The van der Waals surface area contributed by atoms with Gasteiger partial charge in [0.1, 0.15) is 0 Å². The molecule has 27 heavy (non-hydrogen) atoms. The molecule has 2 aromatic carbocycles. The normalized spacial score (nSPS) is 24.1. The fourth-order valence-electron chi connectivity index (χ4n) is 4.72. The molecule has 1 fully saturated rings. The Morgan fingerprint density at radius 2 is 1.63 bits per heavy atom. The minimum atomic E-state index is -0.363. The first-order valence-electron chi connectivity index (χ1n) is 9.60. The van der Waals surface area contributed by atoms with E-state index in [1.807, 2.05) is 46.2 Å². The van der Waals surface area contributed by atoms with Crippen molar-refractivity contribution in [1.29, 1.82) is 0 Å². The lowest BCUT2D eigenvalue weighted by molar-refractivity contribution is -0.138. The van der Waals surface area contributed by atoms with Crippen LogP contribution < -0.4 is 0 Å². The molecule has 0 bridgehead atoms. The predicted octanol–water partition coefficient (Wildman–Crippen LogP) is 2.38. The Bertz CT molecular complexity index is 904. The van der Waals surface area contributed by atoms with Gasteiger partial charge in [-0.05, 0) is 29.2 Å². The highest BCUT2D eigenvalue weighted by Gasteiger charge is 2.47. The maximum absolute atomic E-state index is 13.6. The average molecular weight is 362 g/mol. The monoisotopic (exact) mass is 362 g/mol. The van der Waals surface area contributed by atoms with Crippen LogP contribution in [0.5, 0.6) is 0 Å². The zero-order chi connectivity index (χ0) is 18.4. The molecule has 1 saturated heterocycles. The third-order valence-electron chi connectivity index (χ3n) is 6.02. The molecule has 2 amide bonds. The minimum Gasteiger partial charge on any atom is -0.378 e. The summed E-state index contributed by atoms with van der Waals surface area (Å²) in [5.41, 5.74) is 3.88. The Kier molecular flexibility index (Phi) is 3.97. The van der Waals surface area contributed by atoms with Gasteiger partial charge in [0.2, 0.25) is 5.91 Å². The SMILES string of the molecule is O=C(C1c2ccccc2C(=O)N2CCc3ccccc3C12)N1CCOCC1. The van der Waals surface area contributed by atoms with E-state index in [9.17, 15) is 9.59 Å². The number of carbonyl (C=O) groups excluding carboxylic acids is 2. The van der Waals surface area contributed by atoms with E-state index >= 15 is 0 Å². The van der Waals surface area contributed by atoms with Crippen molar-refractivity contribution in [3.8, 4) is 0 Å². The van der Waals surface area contributed by atoms with E-state index in [0.717, 1.165) is 17.5 Å². The van der Waals surface area contributed by atoms with Crippen LogP contribution in [0.4, 0.5) is 0 Å². The molecule has 2 aromatic rings. The number of hydrogen-bond donors (Lipinski definition) is 0. The smallest absolute Gasteiger partial charge is 0.254 e. The van der Waals surface area contributed by atoms with Gasteiger partial charge in [0.15, 0.2) is 0 Å². The number of amides is 2. The summed E-state index contributed by atoms with van der Waals surface area (Å²) in [6.45, 7) is 3.02. The van der Waals surface area contributed by atoms with Crippen molar-refractivity contribution in [2.24, 2.45) is 0 Å². The van der Waals surface area contributed by atoms with E-state index in [-0.39, 0.29) is 23.8 Å². The fraction of sp³-hybridized carbons (Fsp3) is 0.364. The van der Waals surface area contributed by atoms with Crippen LogP contribution in [0.2, 0.25) is 0 Å². The Hall–Kier alpha value is -2.66. The molecule has 0 N–H and O–H groups in total. The molecule has 0 aromatic heterocycles. The number of nitrogens with zero attached hydrogens (tertiary/aromatic N) is 2. The van der Waals surface area contributed by atoms with Gasteiger partial charge in [0.05, 0.1) is 25.2 Å². The largest absolute Gasteiger partial charge is 0.378 e. The minimum absolute atomic E-state index is 0.0381. The number of fused-ring (bicyclic) bond motifs is 4. The van der Waals surface area contributed by atoms with E-state index in [2.05, 4.69) is 12.1 Å². The number of carbonyl (C=O) groups is 2. The summed E-state index contributed by atoms with van der Waals surface area (Å²) in [5.74, 6) is -0.223. The van der Waals surface area contributed by atoms with Gasteiger partial charge in [-0.1, -0.05) is 42.5 Å². The molecule has 0 aliphatic carbocycles. The highest BCUT2D eigenvalue weighted by molar-refractivity contribution is 6.01. The summed E-state index contributed by atoms with van der Waals surface area (Å²) in [6, 6.07) is 15.6. The Balaban J connectivity index is 1.66. The second-order valence-corrected chi connectivity index (χ2v) is 7.39. The zero-order valence-corrected chi connectivity index (χ0v) is 15.1. The van der Waals surface area contributed by atoms with Gasteiger partial charge in [0.25, 0.3) is 5.91 Å². The van der Waals surface area contributed by atoms with Crippen LogP contribution in [0.15, 0.2) is 48.5 Å². The van der Waals surface area contributed by atoms with Crippen molar-refractivity contribution < 1.29 is 14.3 Å².